The normalized spacial score (nSPS) is 8.95. The molecule has 0 aliphatic rings. The monoisotopic (exact) mass is 309 g/mol. The van der Waals surface area contributed by atoms with E-state index < -0.39 is 0 Å². The third kappa shape index (κ3) is 5.36. The maximum Gasteiger partial charge on any atom is 0.204 e. The predicted octanol–water partition coefficient (Wildman–Crippen LogP) is 4.83. The molecule has 0 unspecified atom stereocenters. The van der Waals surface area contributed by atoms with Gasteiger partial charge in [-0.25, -0.2) is 10.8 Å². The molecule has 0 spiro atoms. The van der Waals surface area contributed by atoms with Gasteiger partial charge in [0.25, 0.3) is 0 Å². The highest BCUT2D eigenvalue weighted by Crippen LogP contribution is 2.29. The van der Waals surface area contributed by atoms with E-state index in [9.17, 15) is 0 Å². The second kappa shape index (κ2) is 10.2. The number of thiazole rings is 1. The van der Waals surface area contributed by atoms with E-state index in [0.717, 1.165) is 22.3 Å². The van der Waals surface area contributed by atoms with E-state index in [1.165, 1.54) is 4.88 Å². The number of ether oxygens (including phenoxy) is 1. The summed E-state index contributed by atoms with van der Waals surface area (Å²) in [6.07, 6.45) is 0. The lowest BCUT2D eigenvalue weighted by Crippen LogP contribution is -2.24. The number of hydrazine groups is 1. The van der Waals surface area contributed by atoms with Crippen LogP contribution in [0.15, 0.2) is 24.3 Å². The zero-order chi connectivity index (χ0) is 16.4. The van der Waals surface area contributed by atoms with Gasteiger partial charge in [-0.15, -0.1) is 11.3 Å². The third-order valence-electron chi connectivity index (χ3n) is 2.57. The highest BCUT2D eigenvalue weighted by atomic mass is 32.1. The van der Waals surface area contributed by atoms with E-state index in [-0.39, 0.29) is 0 Å². The fraction of sp³-hybridized carbons (Fsp3) is 0.438. The Kier molecular flexibility index (Phi) is 9.41. The van der Waals surface area contributed by atoms with E-state index in [2.05, 4.69) is 4.98 Å². The Hall–Kier alpha value is -1.59. The van der Waals surface area contributed by atoms with Gasteiger partial charge in [-0.3, -0.25) is 5.01 Å². The average Bonchev–Trinajstić information content (AvgIpc) is 2.90. The summed E-state index contributed by atoms with van der Waals surface area (Å²) < 4.78 is 5.11. The SMILES string of the molecule is CC.CC.COc1ccc(N(N)c2nc(C)c(C)s2)cc1. The van der Waals surface area contributed by atoms with E-state index >= 15 is 0 Å². The number of aryl methyl sites for hydroxylation is 2. The summed E-state index contributed by atoms with van der Waals surface area (Å²) in [4.78, 5) is 5.60. The van der Waals surface area contributed by atoms with Crippen molar-refractivity contribution in [1.82, 2.24) is 4.98 Å². The van der Waals surface area contributed by atoms with Crippen molar-refractivity contribution in [3.63, 3.8) is 0 Å². The summed E-state index contributed by atoms with van der Waals surface area (Å²) in [6, 6.07) is 7.57. The molecule has 4 nitrogen and oxygen atoms in total. The number of hydrogen-bond donors (Lipinski definition) is 1. The molecule has 1 heterocycles. The Morgan fingerprint density at radius 1 is 1.05 bits per heavy atom. The Morgan fingerprint density at radius 2 is 1.57 bits per heavy atom. The molecule has 0 aliphatic carbocycles. The maximum atomic E-state index is 6.03. The van der Waals surface area contributed by atoms with Crippen LogP contribution < -0.4 is 15.6 Å². The van der Waals surface area contributed by atoms with Crippen molar-refractivity contribution in [2.24, 2.45) is 5.84 Å². The van der Waals surface area contributed by atoms with Crippen molar-refractivity contribution >= 4 is 22.2 Å². The van der Waals surface area contributed by atoms with Crippen LogP contribution in [-0.4, -0.2) is 12.1 Å². The van der Waals surface area contributed by atoms with Crippen LogP contribution in [0.2, 0.25) is 0 Å². The number of rotatable bonds is 3. The van der Waals surface area contributed by atoms with E-state index in [1.807, 2.05) is 65.8 Å². The van der Waals surface area contributed by atoms with Crippen LogP contribution in [-0.2, 0) is 0 Å². The zero-order valence-corrected chi connectivity index (χ0v) is 14.9. The molecule has 5 heteroatoms. The first kappa shape index (κ1) is 19.4. The van der Waals surface area contributed by atoms with Crippen LogP contribution >= 0.6 is 11.3 Å². The number of anilines is 2. The molecule has 0 saturated heterocycles. The van der Waals surface area contributed by atoms with Gasteiger partial charge in [0.1, 0.15) is 5.75 Å². The van der Waals surface area contributed by atoms with Gasteiger partial charge < -0.3 is 4.74 Å². The summed E-state index contributed by atoms with van der Waals surface area (Å²) in [7, 11) is 1.64. The minimum absolute atomic E-state index is 0.796. The van der Waals surface area contributed by atoms with Crippen molar-refractivity contribution in [3.8, 4) is 5.75 Å². The first-order chi connectivity index (χ1) is 10.1. The molecule has 0 saturated carbocycles. The summed E-state index contributed by atoms with van der Waals surface area (Å²) in [6.45, 7) is 12.0. The third-order valence-corrected chi connectivity index (χ3v) is 3.65. The van der Waals surface area contributed by atoms with Crippen LogP contribution in [0.5, 0.6) is 5.75 Å². The summed E-state index contributed by atoms with van der Waals surface area (Å²) in [5.74, 6) is 6.84. The van der Waals surface area contributed by atoms with Crippen molar-refractivity contribution in [3.05, 3.63) is 34.8 Å². The lowest BCUT2D eigenvalue weighted by molar-refractivity contribution is 0.415. The minimum Gasteiger partial charge on any atom is -0.497 e. The lowest BCUT2D eigenvalue weighted by Gasteiger charge is -2.15. The molecule has 0 atom stereocenters. The molecule has 2 aromatic rings. The van der Waals surface area contributed by atoms with Gasteiger partial charge in [-0.1, -0.05) is 27.7 Å². The summed E-state index contributed by atoms with van der Waals surface area (Å²) in [5.41, 5.74) is 1.91. The van der Waals surface area contributed by atoms with Gasteiger partial charge in [0, 0.05) is 4.88 Å². The molecule has 0 amide bonds. The second-order valence-electron chi connectivity index (χ2n) is 3.71. The van der Waals surface area contributed by atoms with Gasteiger partial charge >= 0.3 is 0 Å². The van der Waals surface area contributed by atoms with Crippen LogP contribution in [0, 0.1) is 13.8 Å². The highest BCUT2D eigenvalue weighted by Gasteiger charge is 2.10. The number of nitrogens with zero attached hydrogens (tertiary/aromatic N) is 2. The molecule has 2 rings (SSSR count). The van der Waals surface area contributed by atoms with Crippen molar-refractivity contribution in [2.45, 2.75) is 41.5 Å². The number of benzene rings is 1. The molecule has 0 aliphatic heterocycles. The second-order valence-corrected chi connectivity index (χ2v) is 4.89. The van der Waals surface area contributed by atoms with Gasteiger partial charge in [-0.05, 0) is 38.1 Å². The molecule has 0 bridgehead atoms. The number of hydrogen-bond acceptors (Lipinski definition) is 5. The Morgan fingerprint density at radius 3 is 1.95 bits per heavy atom. The Labute approximate surface area is 132 Å². The van der Waals surface area contributed by atoms with Gasteiger partial charge in [-0.2, -0.15) is 0 Å². The maximum absolute atomic E-state index is 6.03. The smallest absolute Gasteiger partial charge is 0.204 e. The molecular formula is C16H27N3OS. The lowest BCUT2D eigenvalue weighted by atomic mass is 10.3. The molecule has 1 aromatic heterocycles. The average molecular weight is 309 g/mol. The number of methoxy groups -OCH3 is 1. The molecule has 0 radical (unpaired) electrons. The fourth-order valence-corrected chi connectivity index (χ4v) is 2.27. The quantitative estimate of drug-likeness (QED) is 0.651. The number of nitrogens with two attached hydrogens (primary N) is 1. The minimum atomic E-state index is 0.796. The molecule has 2 N–H and O–H groups in total. The topological polar surface area (TPSA) is 51.4 Å². The summed E-state index contributed by atoms with van der Waals surface area (Å²) >= 11 is 1.59. The van der Waals surface area contributed by atoms with Crippen LogP contribution in [0.4, 0.5) is 10.8 Å². The summed E-state index contributed by atoms with van der Waals surface area (Å²) in [5, 5.41) is 2.38. The molecule has 118 valence electrons. The Bertz CT molecular complexity index is 489. The molecule has 1 aromatic carbocycles. The van der Waals surface area contributed by atoms with Crippen LogP contribution in [0.3, 0.4) is 0 Å². The predicted molar refractivity (Wildman–Crippen MR) is 93.6 cm³/mol. The first-order valence-electron chi connectivity index (χ1n) is 7.24. The van der Waals surface area contributed by atoms with Gasteiger partial charge in [0.05, 0.1) is 18.5 Å². The zero-order valence-electron chi connectivity index (χ0n) is 14.1. The highest BCUT2D eigenvalue weighted by molar-refractivity contribution is 7.15. The fourth-order valence-electron chi connectivity index (χ4n) is 1.41. The first-order valence-corrected chi connectivity index (χ1v) is 8.06. The van der Waals surface area contributed by atoms with Crippen molar-refractivity contribution < 1.29 is 4.74 Å². The van der Waals surface area contributed by atoms with Crippen molar-refractivity contribution in [2.75, 3.05) is 12.1 Å². The molecule has 21 heavy (non-hydrogen) atoms. The van der Waals surface area contributed by atoms with Crippen LogP contribution in [0.1, 0.15) is 38.3 Å². The van der Waals surface area contributed by atoms with E-state index in [0.29, 0.717) is 0 Å². The molecular weight excluding hydrogens is 282 g/mol. The largest absolute Gasteiger partial charge is 0.497 e. The van der Waals surface area contributed by atoms with E-state index in [1.54, 1.807) is 23.5 Å². The number of aromatic nitrogens is 1. The van der Waals surface area contributed by atoms with E-state index in [4.69, 9.17) is 10.6 Å². The van der Waals surface area contributed by atoms with Gasteiger partial charge in [0.2, 0.25) is 5.13 Å². The van der Waals surface area contributed by atoms with Crippen LogP contribution in [0.25, 0.3) is 0 Å². The van der Waals surface area contributed by atoms with Crippen molar-refractivity contribution in [1.29, 1.82) is 0 Å². The molecule has 0 fully saturated rings. The standard InChI is InChI=1S/C12H15N3OS.2C2H6/c1-8-9(2)17-12(14-8)15(13)10-4-6-11(16-3)7-5-10;2*1-2/h4-7H,13H2,1-3H3;2*1-2H3. The Balaban J connectivity index is 0.000000921. The van der Waals surface area contributed by atoms with Gasteiger partial charge in [0.15, 0.2) is 0 Å².